The van der Waals surface area contributed by atoms with E-state index >= 15 is 0 Å². The molecule has 0 radical (unpaired) electrons. The molecule has 3 aromatic heterocycles. The molecule has 3 aliphatic rings. The fourth-order valence-corrected chi connectivity index (χ4v) is 7.37. The van der Waals surface area contributed by atoms with Crippen molar-refractivity contribution in [2.24, 2.45) is 5.92 Å². The van der Waals surface area contributed by atoms with Gasteiger partial charge >= 0.3 is 6.09 Å². The molecule has 3 aromatic rings. The van der Waals surface area contributed by atoms with E-state index in [0.717, 1.165) is 37.6 Å². The lowest BCUT2D eigenvalue weighted by atomic mass is 9.88. The number of nitrogens with one attached hydrogen (secondary N) is 2. The number of unbranched alkanes of at least 4 members (excludes halogenated alkanes) is 1. The number of rotatable bonds is 10. The van der Waals surface area contributed by atoms with Crippen LogP contribution in [0.1, 0.15) is 75.5 Å². The van der Waals surface area contributed by atoms with Crippen LogP contribution in [0.4, 0.5) is 14.9 Å². The molecule has 15 heteroatoms. The highest BCUT2D eigenvalue weighted by Gasteiger charge is 2.54. The lowest BCUT2D eigenvalue weighted by molar-refractivity contribution is -0.127. The summed E-state index contributed by atoms with van der Waals surface area (Å²) in [5, 5.41) is 10.4. The molecule has 2 saturated heterocycles. The first-order chi connectivity index (χ1) is 24.0. The molecule has 50 heavy (non-hydrogen) atoms. The molecule has 0 aromatic carbocycles. The maximum absolute atomic E-state index is 14.5. The predicted octanol–water partition coefficient (Wildman–Crippen LogP) is 5.20. The van der Waals surface area contributed by atoms with Crippen LogP contribution in [-0.4, -0.2) is 98.8 Å². The fraction of sp³-hybridized carbons (Fsp3) is 0.543. The van der Waals surface area contributed by atoms with Crippen molar-refractivity contribution in [3.63, 3.8) is 0 Å². The van der Waals surface area contributed by atoms with Crippen LogP contribution in [0.3, 0.4) is 0 Å². The summed E-state index contributed by atoms with van der Waals surface area (Å²) in [6, 6.07) is 4.71. The zero-order chi connectivity index (χ0) is 35.6. The quantitative estimate of drug-likeness (QED) is 0.271. The van der Waals surface area contributed by atoms with Gasteiger partial charge in [-0.2, -0.15) is 5.10 Å². The number of pyridine rings is 2. The third-order valence-electron chi connectivity index (χ3n) is 10.0. The van der Waals surface area contributed by atoms with Crippen LogP contribution < -0.4 is 15.0 Å². The molecule has 13 nitrogen and oxygen atoms in total. The molecule has 6 rings (SSSR count). The number of piperidine rings is 1. The highest BCUT2D eigenvalue weighted by Crippen LogP contribution is 2.50. The molecule has 3 fully saturated rings. The van der Waals surface area contributed by atoms with Gasteiger partial charge in [-0.25, -0.2) is 14.2 Å². The fourth-order valence-electron chi connectivity index (χ4n) is 7.14. The van der Waals surface area contributed by atoms with E-state index in [9.17, 15) is 18.8 Å². The largest absolute Gasteiger partial charge is 0.481 e. The molecule has 1 aliphatic carbocycles. The Bertz CT molecular complexity index is 1720. The van der Waals surface area contributed by atoms with Gasteiger partial charge in [0, 0.05) is 42.7 Å². The summed E-state index contributed by atoms with van der Waals surface area (Å²) in [5.41, 5.74) is 1.73. The second-order valence-electron chi connectivity index (χ2n) is 13.6. The highest BCUT2D eigenvalue weighted by atomic mass is 35.5. The van der Waals surface area contributed by atoms with Gasteiger partial charge < -0.3 is 24.6 Å². The summed E-state index contributed by atoms with van der Waals surface area (Å²) < 4.78 is 25.0. The number of methoxy groups -OCH3 is 1. The van der Waals surface area contributed by atoms with E-state index < -0.39 is 11.4 Å². The Labute approximate surface area is 295 Å². The Kier molecular flexibility index (Phi) is 10.5. The minimum Gasteiger partial charge on any atom is -0.481 e. The van der Waals surface area contributed by atoms with Gasteiger partial charge in [0.25, 0.3) is 5.91 Å². The first-order valence-corrected chi connectivity index (χ1v) is 17.6. The van der Waals surface area contributed by atoms with Gasteiger partial charge in [0.05, 0.1) is 66.8 Å². The highest BCUT2D eigenvalue weighted by molar-refractivity contribution is 6.31. The van der Waals surface area contributed by atoms with Crippen LogP contribution in [0, 0.1) is 11.7 Å². The molecule has 2 N–H and O–H groups in total. The lowest BCUT2D eigenvalue weighted by Gasteiger charge is -2.44. The molecule has 5 heterocycles. The summed E-state index contributed by atoms with van der Waals surface area (Å²) in [7, 11) is 1.44. The predicted molar refractivity (Wildman–Crippen MR) is 184 cm³/mol. The Morgan fingerprint density at radius 3 is 2.56 bits per heavy atom. The van der Waals surface area contributed by atoms with Crippen molar-refractivity contribution in [3.8, 4) is 17.1 Å². The van der Waals surface area contributed by atoms with Crippen LogP contribution in [0.15, 0.2) is 30.6 Å². The Morgan fingerprint density at radius 2 is 1.88 bits per heavy atom. The zero-order valence-corrected chi connectivity index (χ0v) is 29.6. The number of carbonyl (C=O) groups excluding carboxylic acids is 3. The van der Waals surface area contributed by atoms with Crippen molar-refractivity contribution < 1.29 is 28.2 Å². The van der Waals surface area contributed by atoms with E-state index in [1.165, 1.54) is 19.2 Å². The second-order valence-corrected chi connectivity index (χ2v) is 14.0. The number of hydrogen-bond donors (Lipinski definition) is 2. The molecule has 1 saturated carbocycles. The van der Waals surface area contributed by atoms with Crippen molar-refractivity contribution in [2.45, 2.75) is 83.5 Å². The van der Waals surface area contributed by atoms with Crippen molar-refractivity contribution in [1.29, 1.82) is 0 Å². The average Bonchev–Trinajstić information content (AvgIpc) is 3.67. The van der Waals surface area contributed by atoms with Gasteiger partial charge in [0.15, 0.2) is 5.82 Å². The first-order valence-electron chi connectivity index (χ1n) is 17.2. The summed E-state index contributed by atoms with van der Waals surface area (Å²) in [4.78, 5) is 53.8. The third-order valence-corrected chi connectivity index (χ3v) is 10.3. The molecule has 3 amide bonds. The van der Waals surface area contributed by atoms with E-state index in [4.69, 9.17) is 21.1 Å². The van der Waals surface area contributed by atoms with Crippen LogP contribution in [0.2, 0.25) is 5.02 Å². The standard InChI is InChI=1S/C35H44ClFN8O5/c1-5-6-11-50-34(48)45-21(2)19-43(20-22(45)3)24-12-26(36)30(38-16-24)18-40-32(46)23-7-10-44(35(15-23)8-9-35)33(47)29-14-28(41-42-29)25-13-31(49-4)39-17-27(25)37/h12-14,16-17,21-23H,5-11,15,18-20H2,1-4H3,(H,40,46)(H,41,42)/t21?,22?,23-/m0/s1. The summed E-state index contributed by atoms with van der Waals surface area (Å²) in [5.74, 6) is -0.920. The number of H-pyrrole nitrogens is 1. The van der Waals surface area contributed by atoms with Gasteiger partial charge in [-0.05, 0) is 58.1 Å². The summed E-state index contributed by atoms with van der Waals surface area (Å²) >= 11 is 6.67. The van der Waals surface area contributed by atoms with E-state index in [2.05, 4.69) is 37.3 Å². The van der Waals surface area contributed by atoms with E-state index in [-0.39, 0.29) is 65.3 Å². The number of aromatic amines is 1. The topological polar surface area (TPSA) is 146 Å². The van der Waals surface area contributed by atoms with Gasteiger partial charge in [-0.1, -0.05) is 24.9 Å². The van der Waals surface area contributed by atoms with E-state index in [1.807, 2.05) is 24.8 Å². The Morgan fingerprint density at radius 1 is 1.12 bits per heavy atom. The van der Waals surface area contributed by atoms with Crippen molar-refractivity contribution in [1.82, 2.24) is 35.3 Å². The van der Waals surface area contributed by atoms with Crippen molar-refractivity contribution in [2.75, 3.05) is 38.3 Å². The minimum atomic E-state index is -0.574. The van der Waals surface area contributed by atoms with Crippen LogP contribution in [0.25, 0.3) is 11.3 Å². The number of hydrogen-bond acceptors (Lipinski definition) is 9. The van der Waals surface area contributed by atoms with Crippen LogP contribution in [-0.2, 0) is 16.1 Å². The van der Waals surface area contributed by atoms with Crippen LogP contribution >= 0.6 is 11.6 Å². The first kappa shape index (κ1) is 35.4. The van der Waals surface area contributed by atoms with E-state index in [0.29, 0.717) is 49.8 Å². The second kappa shape index (κ2) is 14.8. The number of halogens is 2. The molecular weight excluding hydrogens is 667 g/mol. The smallest absolute Gasteiger partial charge is 0.410 e. The maximum Gasteiger partial charge on any atom is 0.410 e. The molecule has 3 atom stereocenters. The number of likely N-dealkylation sites (tertiary alicyclic amines) is 1. The monoisotopic (exact) mass is 710 g/mol. The normalized spacial score (nSPS) is 21.2. The average molecular weight is 711 g/mol. The molecule has 0 bridgehead atoms. The number of ether oxygens (including phenoxy) is 2. The number of anilines is 1. The SMILES string of the molecule is CCCCOC(=O)N1C(C)CN(c2cnc(CNC(=O)[C@H]3CCN(C(=O)c4cc(-c5cc(OC)ncc5F)n[nH]4)C4(CC4)C3)c(Cl)c2)CC1C. The zero-order valence-electron chi connectivity index (χ0n) is 28.9. The van der Waals surface area contributed by atoms with Crippen LogP contribution in [0.5, 0.6) is 5.88 Å². The van der Waals surface area contributed by atoms with Gasteiger partial charge in [0.1, 0.15) is 5.69 Å². The molecule has 2 unspecified atom stereocenters. The Balaban J connectivity index is 1.02. The van der Waals surface area contributed by atoms with Gasteiger partial charge in [0.2, 0.25) is 11.8 Å². The number of piperazine rings is 1. The van der Waals surface area contributed by atoms with Gasteiger partial charge in [-0.15, -0.1) is 0 Å². The van der Waals surface area contributed by atoms with E-state index in [1.54, 1.807) is 11.1 Å². The summed E-state index contributed by atoms with van der Waals surface area (Å²) in [6.45, 7) is 8.32. The number of aromatic nitrogens is 4. The third kappa shape index (κ3) is 7.35. The molecular formula is C35H44ClFN8O5. The molecule has 2 aliphatic heterocycles. The molecule has 1 spiro atoms. The maximum atomic E-state index is 14.5. The Hall–Kier alpha value is -4.46. The number of amides is 3. The number of carbonyl (C=O) groups is 3. The van der Waals surface area contributed by atoms with Crippen molar-refractivity contribution >= 4 is 35.2 Å². The van der Waals surface area contributed by atoms with Crippen molar-refractivity contribution in [3.05, 3.63) is 52.8 Å². The minimum absolute atomic E-state index is 0.0553. The lowest BCUT2D eigenvalue weighted by Crippen LogP contribution is -2.59. The van der Waals surface area contributed by atoms with Gasteiger partial charge in [-0.3, -0.25) is 24.6 Å². The molecule has 268 valence electrons. The summed E-state index contributed by atoms with van der Waals surface area (Å²) in [6.07, 6.45) is 7.01. The number of nitrogens with zero attached hydrogens (tertiary/aromatic N) is 6.